The van der Waals surface area contributed by atoms with Gasteiger partial charge in [0.15, 0.2) is 0 Å². The minimum atomic E-state index is -0.268. The van der Waals surface area contributed by atoms with Gasteiger partial charge in [0.25, 0.3) is 0 Å². The molecule has 0 fully saturated rings. The summed E-state index contributed by atoms with van der Waals surface area (Å²) in [6.45, 7) is 0. The molecular formula is C50H35FN2O. The van der Waals surface area contributed by atoms with Crippen LogP contribution >= 0.6 is 0 Å². The highest BCUT2D eigenvalue weighted by Gasteiger charge is 2.42. The standard InChI is InChI=1S/C50H35FN2O/c51-36-21-25-39(26-22-36)53(42-31-32-44-43-15-7-8-16-45(43)50-49(47(44)33-42)46-17-9-10-18-48(46)54-50)41-29-27-40(28-30-41)52(37-13-5-2-6-14-37)38-23-19-35(20-24-38)34-11-3-1-4-12-34/h1-33,49-50H. The van der Waals surface area contributed by atoms with Crippen LogP contribution in [-0.4, -0.2) is 0 Å². The predicted octanol–water partition coefficient (Wildman–Crippen LogP) is 13.7. The number of hydrogen-bond acceptors (Lipinski definition) is 3. The highest BCUT2D eigenvalue weighted by Crippen LogP contribution is 2.57. The summed E-state index contributed by atoms with van der Waals surface area (Å²) in [6.07, 6.45) is -0.106. The molecule has 2 aliphatic rings. The molecule has 8 aromatic rings. The molecule has 1 aliphatic heterocycles. The van der Waals surface area contributed by atoms with Gasteiger partial charge < -0.3 is 14.5 Å². The third kappa shape index (κ3) is 5.51. The van der Waals surface area contributed by atoms with Crippen molar-refractivity contribution in [2.75, 3.05) is 9.80 Å². The van der Waals surface area contributed by atoms with Crippen molar-refractivity contribution < 1.29 is 9.13 Å². The van der Waals surface area contributed by atoms with Crippen LogP contribution in [0.4, 0.5) is 38.5 Å². The number of para-hydroxylation sites is 2. The van der Waals surface area contributed by atoms with E-state index in [9.17, 15) is 4.39 Å². The second kappa shape index (κ2) is 13.3. The van der Waals surface area contributed by atoms with Gasteiger partial charge in [-0.1, -0.05) is 109 Å². The maximum atomic E-state index is 14.4. The van der Waals surface area contributed by atoms with Gasteiger partial charge in [0.05, 0.1) is 5.92 Å². The zero-order valence-corrected chi connectivity index (χ0v) is 29.4. The number of fused-ring (bicyclic) bond motifs is 8. The average molecular weight is 699 g/mol. The lowest BCUT2D eigenvalue weighted by molar-refractivity contribution is 0.221. The molecule has 0 saturated carbocycles. The molecular weight excluding hydrogens is 664 g/mol. The van der Waals surface area contributed by atoms with E-state index in [-0.39, 0.29) is 17.8 Å². The summed E-state index contributed by atoms with van der Waals surface area (Å²) >= 11 is 0. The van der Waals surface area contributed by atoms with Crippen LogP contribution in [-0.2, 0) is 0 Å². The van der Waals surface area contributed by atoms with Gasteiger partial charge in [-0.3, -0.25) is 0 Å². The molecule has 3 nitrogen and oxygen atoms in total. The Kier molecular flexibility index (Phi) is 7.80. The summed E-state index contributed by atoms with van der Waals surface area (Å²) in [6, 6.07) is 68.7. The van der Waals surface area contributed by atoms with Gasteiger partial charge in [0, 0.05) is 45.3 Å². The monoisotopic (exact) mass is 698 g/mol. The van der Waals surface area contributed by atoms with Crippen LogP contribution in [0.1, 0.15) is 28.7 Å². The Labute approximate surface area is 314 Å². The molecule has 0 amide bonds. The first-order valence-corrected chi connectivity index (χ1v) is 18.3. The SMILES string of the molecule is Fc1ccc(N(c2ccc(N(c3ccccc3)c3ccc(-c4ccccc4)cc3)cc2)c2ccc3c(c2)C2c4ccccc4OC2c2ccccc2-3)cc1. The molecule has 54 heavy (non-hydrogen) atoms. The highest BCUT2D eigenvalue weighted by molar-refractivity contribution is 5.85. The number of hydrogen-bond donors (Lipinski definition) is 0. The van der Waals surface area contributed by atoms with Gasteiger partial charge in [-0.25, -0.2) is 4.39 Å². The molecule has 0 spiro atoms. The third-order valence-corrected chi connectivity index (χ3v) is 10.7. The zero-order valence-electron chi connectivity index (χ0n) is 29.4. The predicted molar refractivity (Wildman–Crippen MR) is 218 cm³/mol. The first-order chi connectivity index (χ1) is 26.7. The Morgan fingerprint density at radius 1 is 0.370 bits per heavy atom. The Morgan fingerprint density at radius 2 is 0.833 bits per heavy atom. The molecule has 10 rings (SSSR count). The zero-order chi connectivity index (χ0) is 36.0. The van der Waals surface area contributed by atoms with Crippen LogP contribution in [0, 0.1) is 5.82 Å². The molecule has 258 valence electrons. The van der Waals surface area contributed by atoms with E-state index in [1.54, 1.807) is 0 Å². The lowest BCUT2D eigenvalue weighted by atomic mass is 9.74. The van der Waals surface area contributed by atoms with E-state index in [2.05, 4.69) is 168 Å². The minimum Gasteiger partial charge on any atom is -0.484 e. The van der Waals surface area contributed by atoms with E-state index < -0.39 is 0 Å². The summed E-state index contributed by atoms with van der Waals surface area (Å²) in [5.74, 6) is 0.718. The molecule has 0 N–H and O–H groups in total. The maximum absolute atomic E-state index is 14.4. The van der Waals surface area contributed by atoms with E-state index in [0.29, 0.717) is 0 Å². The molecule has 0 saturated heterocycles. The van der Waals surface area contributed by atoms with Crippen LogP contribution < -0.4 is 14.5 Å². The van der Waals surface area contributed by atoms with Gasteiger partial charge in [0.1, 0.15) is 17.7 Å². The van der Waals surface area contributed by atoms with Crippen molar-refractivity contribution in [3.8, 4) is 28.0 Å². The quantitative estimate of drug-likeness (QED) is 0.165. The fourth-order valence-electron chi connectivity index (χ4n) is 8.21. The normalized spacial score (nSPS) is 14.9. The second-order valence-electron chi connectivity index (χ2n) is 13.8. The fourth-order valence-corrected chi connectivity index (χ4v) is 8.21. The number of benzene rings is 8. The van der Waals surface area contributed by atoms with Gasteiger partial charge >= 0.3 is 0 Å². The number of ether oxygens (including phenoxy) is 1. The number of anilines is 6. The topological polar surface area (TPSA) is 15.7 Å². The van der Waals surface area contributed by atoms with Crippen LogP contribution in [0.2, 0.25) is 0 Å². The lowest BCUT2D eigenvalue weighted by Crippen LogP contribution is -2.19. The highest BCUT2D eigenvalue weighted by atomic mass is 19.1. The van der Waals surface area contributed by atoms with Crippen molar-refractivity contribution in [1.82, 2.24) is 0 Å². The molecule has 1 aliphatic carbocycles. The Morgan fingerprint density at radius 3 is 1.52 bits per heavy atom. The van der Waals surface area contributed by atoms with Gasteiger partial charge in [-0.05, 0) is 119 Å². The molecule has 4 heteroatoms. The van der Waals surface area contributed by atoms with Crippen molar-refractivity contribution in [1.29, 1.82) is 0 Å². The third-order valence-electron chi connectivity index (χ3n) is 10.7. The first-order valence-electron chi connectivity index (χ1n) is 18.3. The van der Waals surface area contributed by atoms with Crippen LogP contribution in [0.25, 0.3) is 22.3 Å². The molecule has 0 aromatic heterocycles. The summed E-state index contributed by atoms with van der Waals surface area (Å²) in [7, 11) is 0. The Balaban J connectivity index is 1.07. The first kappa shape index (κ1) is 31.8. The largest absolute Gasteiger partial charge is 0.484 e. The summed E-state index contributed by atoms with van der Waals surface area (Å²) in [4.78, 5) is 4.48. The number of halogens is 1. The van der Waals surface area contributed by atoms with E-state index in [0.717, 1.165) is 39.9 Å². The van der Waals surface area contributed by atoms with Gasteiger partial charge in [-0.15, -0.1) is 0 Å². The Bertz CT molecular complexity index is 2590. The van der Waals surface area contributed by atoms with Crippen molar-refractivity contribution in [2.45, 2.75) is 12.0 Å². The minimum absolute atomic E-state index is 0.0520. The Hall–Kier alpha value is -6.91. The molecule has 2 unspecified atom stereocenters. The summed E-state index contributed by atoms with van der Waals surface area (Å²) in [5.41, 5.74) is 14.4. The molecule has 8 aromatic carbocycles. The number of nitrogens with zero attached hydrogens (tertiary/aromatic N) is 2. The average Bonchev–Trinajstić information content (AvgIpc) is 3.64. The van der Waals surface area contributed by atoms with Crippen molar-refractivity contribution in [3.63, 3.8) is 0 Å². The van der Waals surface area contributed by atoms with E-state index in [4.69, 9.17) is 4.74 Å². The smallest absolute Gasteiger partial charge is 0.135 e. The van der Waals surface area contributed by atoms with Crippen molar-refractivity contribution in [2.24, 2.45) is 0 Å². The molecule has 1 heterocycles. The van der Waals surface area contributed by atoms with Crippen molar-refractivity contribution in [3.05, 3.63) is 223 Å². The van der Waals surface area contributed by atoms with E-state index >= 15 is 0 Å². The van der Waals surface area contributed by atoms with Gasteiger partial charge in [-0.2, -0.15) is 0 Å². The summed E-state index contributed by atoms with van der Waals surface area (Å²) < 4.78 is 21.0. The van der Waals surface area contributed by atoms with Crippen LogP contribution in [0.3, 0.4) is 0 Å². The fraction of sp³-hybridized carbons (Fsp3) is 0.0400. The number of rotatable bonds is 7. The molecule has 0 radical (unpaired) electrons. The maximum Gasteiger partial charge on any atom is 0.135 e. The molecule has 2 atom stereocenters. The van der Waals surface area contributed by atoms with Crippen LogP contribution in [0.5, 0.6) is 5.75 Å². The lowest BCUT2D eigenvalue weighted by Gasteiger charge is -2.33. The van der Waals surface area contributed by atoms with E-state index in [1.165, 1.54) is 51.1 Å². The van der Waals surface area contributed by atoms with E-state index in [1.807, 2.05) is 30.3 Å². The van der Waals surface area contributed by atoms with Crippen molar-refractivity contribution >= 4 is 34.1 Å². The summed E-state index contributed by atoms with van der Waals surface area (Å²) in [5, 5.41) is 0. The van der Waals surface area contributed by atoms with Crippen LogP contribution in [0.15, 0.2) is 200 Å². The second-order valence-corrected chi connectivity index (χ2v) is 13.8. The molecule has 0 bridgehead atoms. The van der Waals surface area contributed by atoms with Gasteiger partial charge in [0.2, 0.25) is 0 Å².